The minimum atomic E-state index is 0.00703. The molecule has 0 aliphatic rings. The monoisotopic (exact) mass is 328 g/mol. The lowest BCUT2D eigenvalue weighted by atomic mass is 10.2. The van der Waals surface area contributed by atoms with Gasteiger partial charge in [-0.1, -0.05) is 6.07 Å². The molecule has 120 valence electrons. The Morgan fingerprint density at radius 2 is 2.22 bits per heavy atom. The zero-order valence-electron chi connectivity index (χ0n) is 13.6. The van der Waals surface area contributed by atoms with Gasteiger partial charge in [0, 0.05) is 29.0 Å². The zero-order valence-corrected chi connectivity index (χ0v) is 14.4. The molecule has 0 spiro atoms. The summed E-state index contributed by atoms with van der Waals surface area (Å²) in [7, 11) is 0. The standard InChI is InChI=1S/C17H20N4OS/c1-4-20(11-15-6-5-7-23-15)17(22)14-8-13-10-19-21(12(2)3)16(13)18-9-14/h5-10,12H,4,11H2,1-3H3. The number of amides is 1. The normalized spacial score (nSPS) is 11.3. The predicted molar refractivity (Wildman–Crippen MR) is 92.6 cm³/mol. The van der Waals surface area contributed by atoms with E-state index in [1.54, 1.807) is 23.7 Å². The molecule has 3 rings (SSSR count). The van der Waals surface area contributed by atoms with Gasteiger partial charge >= 0.3 is 0 Å². The summed E-state index contributed by atoms with van der Waals surface area (Å²) in [5.74, 6) is 0.00703. The summed E-state index contributed by atoms with van der Waals surface area (Å²) in [6.07, 6.45) is 3.43. The van der Waals surface area contributed by atoms with E-state index in [4.69, 9.17) is 0 Å². The highest BCUT2D eigenvalue weighted by atomic mass is 32.1. The van der Waals surface area contributed by atoms with Gasteiger partial charge in [0.25, 0.3) is 5.91 Å². The molecule has 6 heteroatoms. The van der Waals surface area contributed by atoms with Crippen LogP contribution in [0.1, 0.15) is 42.0 Å². The Labute approximate surface area is 139 Å². The molecule has 0 unspecified atom stereocenters. The Morgan fingerprint density at radius 1 is 1.39 bits per heavy atom. The first-order valence-corrected chi connectivity index (χ1v) is 8.63. The van der Waals surface area contributed by atoms with Crippen LogP contribution in [0.25, 0.3) is 11.0 Å². The number of hydrogen-bond donors (Lipinski definition) is 0. The molecule has 5 nitrogen and oxygen atoms in total. The van der Waals surface area contributed by atoms with E-state index in [9.17, 15) is 4.79 Å². The van der Waals surface area contributed by atoms with E-state index in [0.717, 1.165) is 11.0 Å². The maximum Gasteiger partial charge on any atom is 0.255 e. The van der Waals surface area contributed by atoms with Gasteiger partial charge in [0.05, 0.1) is 18.3 Å². The summed E-state index contributed by atoms with van der Waals surface area (Å²) in [4.78, 5) is 20.2. The molecule has 0 fully saturated rings. The van der Waals surface area contributed by atoms with Crippen LogP contribution in [0.15, 0.2) is 36.0 Å². The lowest BCUT2D eigenvalue weighted by molar-refractivity contribution is 0.0754. The molecule has 1 amide bonds. The van der Waals surface area contributed by atoms with Crippen LogP contribution in [-0.2, 0) is 6.54 Å². The van der Waals surface area contributed by atoms with Gasteiger partial charge in [-0.05, 0) is 38.3 Å². The Kier molecular flexibility index (Phi) is 4.43. The van der Waals surface area contributed by atoms with E-state index in [-0.39, 0.29) is 11.9 Å². The lowest BCUT2D eigenvalue weighted by Crippen LogP contribution is -2.30. The van der Waals surface area contributed by atoms with Crippen LogP contribution in [0.2, 0.25) is 0 Å². The van der Waals surface area contributed by atoms with E-state index in [0.29, 0.717) is 18.7 Å². The quantitative estimate of drug-likeness (QED) is 0.717. The predicted octanol–water partition coefficient (Wildman–Crippen LogP) is 3.74. The number of rotatable bonds is 5. The van der Waals surface area contributed by atoms with Crippen LogP contribution in [-0.4, -0.2) is 32.1 Å². The fraction of sp³-hybridized carbons (Fsp3) is 0.353. The first-order valence-electron chi connectivity index (χ1n) is 7.75. The molecule has 3 aromatic rings. The van der Waals surface area contributed by atoms with E-state index in [2.05, 4.69) is 30.0 Å². The molecule has 0 saturated carbocycles. The van der Waals surface area contributed by atoms with Gasteiger partial charge in [-0.3, -0.25) is 4.79 Å². The fourth-order valence-corrected chi connectivity index (χ4v) is 3.25. The van der Waals surface area contributed by atoms with Crippen molar-refractivity contribution in [2.24, 2.45) is 0 Å². The highest BCUT2D eigenvalue weighted by Gasteiger charge is 2.17. The molecule has 3 heterocycles. The molecule has 0 aliphatic heterocycles. The van der Waals surface area contributed by atoms with Crippen LogP contribution in [0, 0.1) is 0 Å². The molecule has 0 N–H and O–H groups in total. The van der Waals surface area contributed by atoms with Crippen molar-refractivity contribution in [1.82, 2.24) is 19.7 Å². The van der Waals surface area contributed by atoms with Crippen molar-refractivity contribution in [1.29, 1.82) is 0 Å². The number of carbonyl (C=O) groups is 1. The van der Waals surface area contributed by atoms with Crippen molar-refractivity contribution >= 4 is 28.3 Å². The Bertz CT molecular complexity index is 807. The third kappa shape index (κ3) is 3.12. The first-order chi connectivity index (χ1) is 11.1. The number of thiophene rings is 1. The van der Waals surface area contributed by atoms with Crippen molar-refractivity contribution in [3.05, 3.63) is 46.4 Å². The van der Waals surface area contributed by atoms with Crippen molar-refractivity contribution in [3.63, 3.8) is 0 Å². The molecule has 3 aromatic heterocycles. The number of hydrogen-bond acceptors (Lipinski definition) is 4. The molecule has 0 bridgehead atoms. The number of pyridine rings is 1. The molecule has 0 aliphatic carbocycles. The fourth-order valence-electron chi connectivity index (χ4n) is 2.54. The minimum absolute atomic E-state index is 0.00703. The van der Waals surface area contributed by atoms with Gasteiger partial charge in [-0.2, -0.15) is 5.10 Å². The number of fused-ring (bicyclic) bond motifs is 1. The largest absolute Gasteiger partial charge is 0.334 e. The summed E-state index contributed by atoms with van der Waals surface area (Å²) in [5, 5.41) is 7.28. The van der Waals surface area contributed by atoms with Gasteiger partial charge in [-0.25, -0.2) is 9.67 Å². The van der Waals surface area contributed by atoms with E-state index in [1.165, 1.54) is 4.88 Å². The van der Waals surface area contributed by atoms with Gasteiger partial charge in [0.2, 0.25) is 0 Å². The van der Waals surface area contributed by atoms with Crippen LogP contribution in [0.5, 0.6) is 0 Å². The van der Waals surface area contributed by atoms with Gasteiger partial charge in [0.1, 0.15) is 0 Å². The third-order valence-corrected chi connectivity index (χ3v) is 4.63. The highest BCUT2D eigenvalue weighted by Crippen LogP contribution is 2.19. The summed E-state index contributed by atoms with van der Waals surface area (Å²) in [6, 6.07) is 6.18. The third-order valence-electron chi connectivity index (χ3n) is 3.77. The average Bonchev–Trinajstić information content (AvgIpc) is 3.20. The highest BCUT2D eigenvalue weighted by molar-refractivity contribution is 7.09. The van der Waals surface area contributed by atoms with Crippen molar-refractivity contribution < 1.29 is 4.79 Å². The Balaban J connectivity index is 1.87. The number of carbonyl (C=O) groups excluding carboxylic acids is 1. The van der Waals surface area contributed by atoms with Crippen LogP contribution >= 0.6 is 11.3 Å². The van der Waals surface area contributed by atoms with E-state index in [1.807, 2.05) is 34.0 Å². The molecule has 0 saturated heterocycles. The summed E-state index contributed by atoms with van der Waals surface area (Å²) in [5.41, 5.74) is 1.43. The second-order valence-electron chi connectivity index (χ2n) is 5.72. The van der Waals surface area contributed by atoms with E-state index >= 15 is 0 Å². The zero-order chi connectivity index (χ0) is 16.4. The summed E-state index contributed by atoms with van der Waals surface area (Å²) >= 11 is 1.67. The molecule has 0 radical (unpaired) electrons. The topological polar surface area (TPSA) is 51.0 Å². The van der Waals surface area contributed by atoms with Crippen LogP contribution < -0.4 is 0 Å². The molecular weight excluding hydrogens is 308 g/mol. The van der Waals surface area contributed by atoms with Crippen LogP contribution in [0.3, 0.4) is 0 Å². The Morgan fingerprint density at radius 3 is 2.87 bits per heavy atom. The van der Waals surface area contributed by atoms with Gasteiger partial charge < -0.3 is 4.90 Å². The second-order valence-corrected chi connectivity index (χ2v) is 6.75. The van der Waals surface area contributed by atoms with Gasteiger partial charge in [-0.15, -0.1) is 11.3 Å². The Hall–Kier alpha value is -2.21. The number of nitrogens with zero attached hydrogens (tertiary/aromatic N) is 4. The molecular formula is C17H20N4OS. The maximum absolute atomic E-state index is 12.7. The summed E-state index contributed by atoms with van der Waals surface area (Å²) < 4.78 is 1.87. The summed E-state index contributed by atoms with van der Waals surface area (Å²) in [6.45, 7) is 7.42. The van der Waals surface area contributed by atoms with E-state index < -0.39 is 0 Å². The maximum atomic E-state index is 12.7. The average molecular weight is 328 g/mol. The van der Waals surface area contributed by atoms with Crippen molar-refractivity contribution in [2.45, 2.75) is 33.4 Å². The molecule has 0 atom stereocenters. The smallest absolute Gasteiger partial charge is 0.255 e. The van der Waals surface area contributed by atoms with Crippen molar-refractivity contribution in [2.75, 3.05) is 6.54 Å². The number of aromatic nitrogens is 3. The second kappa shape index (κ2) is 6.50. The molecule has 0 aromatic carbocycles. The SMILES string of the molecule is CCN(Cc1cccs1)C(=O)c1cnc2c(cnn2C(C)C)c1. The minimum Gasteiger partial charge on any atom is -0.334 e. The lowest BCUT2D eigenvalue weighted by Gasteiger charge is -2.20. The van der Waals surface area contributed by atoms with Gasteiger partial charge in [0.15, 0.2) is 5.65 Å². The molecule has 23 heavy (non-hydrogen) atoms. The van der Waals surface area contributed by atoms with Crippen LogP contribution in [0.4, 0.5) is 0 Å². The first kappa shape index (κ1) is 15.7. The van der Waals surface area contributed by atoms with Crippen molar-refractivity contribution in [3.8, 4) is 0 Å².